The van der Waals surface area contributed by atoms with Crippen molar-refractivity contribution >= 4 is 29.8 Å². The second-order valence-electron chi connectivity index (χ2n) is 6.14. The normalized spacial score (nSPS) is 19.2. The molecule has 10 heteroatoms. The number of anilines is 1. The van der Waals surface area contributed by atoms with Crippen molar-refractivity contribution in [1.29, 1.82) is 0 Å². The predicted octanol–water partition coefficient (Wildman–Crippen LogP) is 2.23. The van der Waals surface area contributed by atoms with Crippen LogP contribution < -0.4 is 16.4 Å². The summed E-state index contributed by atoms with van der Waals surface area (Å²) in [5, 5.41) is 5.23. The molecule has 3 rings (SSSR count). The molecule has 0 fully saturated rings. The number of aliphatic imine (C=N–C) groups is 2. The van der Waals surface area contributed by atoms with Gasteiger partial charge < -0.3 is 16.4 Å². The molecule has 1 amide bonds. The molecule has 7 nitrogen and oxygen atoms in total. The number of alkyl halides is 2. The van der Waals surface area contributed by atoms with Crippen LogP contribution in [0, 0.1) is 5.82 Å². The van der Waals surface area contributed by atoms with Crippen LogP contribution in [-0.2, 0) is 5.54 Å². The summed E-state index contributed by atoms with van der Waals surface area (Å²) in [5.41, 5.74) is 3.73. The first kappa shape index (κ1) is 19.5. The van der Waals surface area contributed by atoms with Gasteiger partial charge in [0.05, 0.1) is 18.4 Å². The summed E-state index contributed by atoms with van der Waals surface area (Å²) in [6.45, 7) is 3.19. The van der Waals surface area contributed by atoms with E-state index >= 15 is 0 Å². The third-order valence-electron chi connectivity index (χ3n) is 4.26. The molecule has 1 aromatic carbocycles. The van der Waals surface area contributed by atoms with Gasteiger partial charge in [-0.05, 0) is 37.0 Å². The Balaban J connectivity index is 1.93. The molecular formula is C18H17F3N6O. The van der Waals surface area contributed by atoms with E-state index < -0.39 is 23.7 Å². The standard InChI is InChI=1S/C18H17F3N6O/c1-23-11-3-5-14(25-7-11)16(28)26-10-2-4-13(19)12(6-10)18(17(20)21)9-24-8-15(22)27-18/h2-7,17,24H,1,8-9H2,(H2,22,27)(H,26,28). The van der Waals surface area contributed by atoms with Crippen LogP contribution in [0.25, 0.3) is 0 Å². The van der Waals surface area contributed by atoms with Crippen LogP contribution in [0.1, 0.15) is 16.1 Å². The van der Waals surface area contributed by atoms with Gasteiger partial charge in [-0.1, -0.05) is 0 Å². The Morgan fingerprint density at radius 2 is 2.14 bits per heavy atom. The van der Waals surface area contributed by atoms with Crippen molar-refractivity contribution in [3.05, 3.63) is 53.6 Å². The summed E-state index contributed by atoms with van der Waals surface area (Å²) in [4.78, 5) is 23.8. The van der Waals surface area contributed by atoms with Gasteiger partial charge >= 0.3 is 0 Å². The molecule has 0 bridgehead atoms. The van der Waals surface area contributed by atoms with Crippen LogP contribution in [0.3, 0.4) is 0 Å². The molecule has 1 aromatic heterocycles. The van der Waals surface area contributed by atoms with Gasteiger partial charge in [-0.15, -0.1) is 0 Å². The number of pyridine rings is 1. The number of carbonyl (C=O) groups is 1. The molecule has 0 saturated heterocycles. The summed E-state index contributed by atoms with van der Waals surface area (Å²) in [6, 6.07) is 6.36. The first-order valence-corrected chi connectivity index (χ1v) is 8.23. The van der Waals surface area contributed by atoms with E-state index in [1.54, 1.807) is 6.07 Å². The Morgan fingerprint density at radius 1 is 1.36 bits per heavy atom. The lowest BCUT2D eigenvalue weighted by atomic mass is 9.88. The minimum atomic E-state index is -3.01. The van der Waals surface area contributed by atoms with Crippen LogP contribution in [0.5, 0.6) is 0 Å². The van der Waals surface area contributed by atoms with Crippen molar-refractivity contribution in [1.82, 2.24) is 10.3 Å². The van der Waals surface area contributed by atoms with Crippen LogP contribution in [0.15, 0.2) is 46.5 Å². The highest BCUT2D eigenvalue weighted by atomic mass is 19.3. The van der Waals surface area contributed by atoms with Crippen LogP contribution >= 0.6 is 0 Å². The number of benzene rings is 1. The second-order valence-corrected chi connectivity index (χ2v) is 6.14. The molecule has 28 heavy (non-hydrogen) atoms. The average molecular weight is 390 g/mol. The lowest BCUT2D eigenvalue weighted by Gasteiger charge is -2.34. The fraction of sp³-hybridized carbons (Fsp3) is 0.222. The van der Waals surface area contributed by atoms with Gasteiger partial charge in [0.1, 0.15) is 17.3 Å². The lowest BCUT2D eigenvalue weighted by molar-refractivity contribution is 0.0491. The van der Waals surface area contributed by atoms with E-state index in [0.717, 1.165) is 12.1 Å². The molecule has 0 spiro atoms. The van der Waals surface area contributed by atoms with Crippen LogP contribution in [-0.4, -0.2) is 43.0 Å². The first-order valence-electron chi connectivity index (χ1n) is 8.23. The van der Waals surface area contributed by atoms with Crippen molar-refractivity contribution in [3.8, 4) is 0 Å². The Kier molecular flexibility index (Phi) is 5.41. The minimum Gasteiger partial charge on any atom is -0.386 e. The molecule has 1 aliphatic heterocycles. The molecule has 2 heterocycles. The Labute approximate surface area is 158 Å². The van der Waals surface area contributed by atoms with Crippen molar-refractivity contribution in [2.24, 2.45) is 15.7 Å². The first-order chi connectivity index (χ1) is 13.4. The number of halogens is 3. The number of nitrogens with zero attached hydrogens (tertiary/aromatic N) is 3. The van der Waals surface area contributed by atoms with Crippen molar-refractivity contribution < 1.29 is 18.0 Å². The van der Waals surface area contributed by atoms with E-state index in [0.29, 0.717) is 5.69 Å². The van der Waals surface area contributed by atoms with Gasteiger partial charge in [0, 0.05) is 17.8 Å². The summed E-state index contributed by atoms with van der Waals surface area (Å²) < 4.78 is 42.1. The molecule has 146 valence electrons. The minimum absolute atomic E-state index is 0.0551. The quantitative estimate of drug-likeness (QED) is 0.681. The molecule has 0 radical (unpaired) electrons. The fourth-order valence-electron chi connectivity index (χ4n) is 2.86. The van der Waals surface area contributed by atoms with E-state index in [1.807, 2.05) is 0 Å². The maximum atomic E-state index is 14.4. The number of amidine groups is 1. The fourth-order valence-corrected chi connectivity index (χ4v) is 2.86. The Morgan fingerprint density at radius 3 is 2.75 bits per heavy atom. The third-order valence-corrected chi connectivity index (χ3v) is 4.26. The predicted molar refractivity (Wildman–Crippen MR) is 100.0 cm³/mol. The van der Waals surface area contributed by atoms with Crippen molar-refractivity contribution in [3.63, 3.8) is 0 Å². The summed E-state index contributed by atoms with van der Waals surface area (Å²) in [6.07, 6.45) is -1.66. The third kappa shape index (κ3) is 3.72. The maximum Gasteiger partial charge on any atom is 0.274 e. The number of aromatic nitrogens is 1. The number of hydrogen-bond donors (Lipinski definition) is 3. The highest BCUT2D eigenvalue weighted by Gasteiger charge is 2.45. The topological polar surface area (TPSA) is 105 Å². The average Bonchev–Trinajstić information content (AvgIpc) is 2.69. The number of nitrogens with two attached hydrogens (primary N) is 1. The van der Waals surface area contributed by atoms with Gasteiger partial charge in [0.25, 0.3) is 12.3 Å². The number of nitrogens with one attached hydrogen (secondary N) is 2. The van der Waals surface area contributed by atoms with E-state index in [4.69, 9.17) is 5.73 Å². The van der Waals surface area contributed by atoms with Gasteiger partial charge in [0.15, 0.2) is 5.54 Å². The summed E-state index contributed by atoms with van der Waals surface area (Å²) in [5.74, 6) is -1.53. The zero-order valence-electron chi connectivity index (χ0n) is 14.6. The molecule has 1 atom stereocenters. The lowest BCUT2D eigenvalue weighted by Crippen LogP contribution is -2.51. The zero-order valence-corrected chi connectivity index (χ0v) is 14.6. The van der Waals surface area contributed by atoms with Gasteiger partial charge in [-0.25, -0.2) is 18.2 Å². The van der Waals surface area contributed by atoms with E-state index in [1.165, 1.54) is 18.3 Å². The van der Waals surface area contributed by atoms with Gasteiger partial charge in [0.2, 0.25) is 0 Å². The monoisotopic (exact) mass is 390 g/mol. The molecule has 0 aliphatic carbocycles. The molecular weight excluding hydrogens is 373 g/mol. The van der Waals surface area contributed by atoms with Crippen LogP contribution in [0.4, 0.5) is 24.5 Å². The molecule has 1 aliphatic rings. The summed E-state index contributed by atoms with van der Waals surface area (Å²) >= 11 is 0. The highest BCUT2D eigenvalue weighted by Crippen LogP contribution is 2.36. The molecule has 4 N–H and O–H groups in total. The Hall–Kier alpha value is -3.27. The maximum absolute atomic E-state index is 14.4. The Bertz CT molecular complexity index is 931. The van der Waals surface area contributed by atoms with Crippen molar-refractivity contribution in [2.45, 2.75) is 12.0 Å². The zero-order chi connectivity index (χ0) is 20.3. The SMILES string of the molecule is C=Nc1ccc(C(=O)Nc2ccc(F)c(C3(C(F)F)CNCC(N)=N3)c2)nc1. The number of amides is 1. The number of hydrogen-bond acceptors (Lipinski definition) is 6. The van der Waals surface area contributed by atoms with Crippen LogP contribution in [0.2, 0.25) is 0 Å². The molecule has 0 saturated carbocycles. The van der Waals surface area contributed by atoms with Gasteiger partial charge in [-0.3, -0.25) is 14.8 Å². The van der Waals surface area contributed by atoms with Crippen molar-refractivity contribution in [2.75, 3.05) is 18.4 Å². The highest BCUT2D eigenvalue weighted by molar-refractivity contribution is 6.03. The number of carbonyl (C=O) groups excluding carboxylic acids is 1. The molecule has 1 unspecified atom stereocenters. The van der Waals surface area contributed by atoms with Gasteiger partial charge in [-0.2, -0.15) is 0 Å². The second kappa shape index (κ2) is 7.77. The smallest absolute Gasteiger partial charge is 0.274 e. The van der Waals surface area contributed by atoms with E-state index in [2.05, 4.69) is 32.3 Å². The number of rotatable bonds is 5. The molecule has 2 aromatic rings. The van der Waals surface area contributed by atoms with E-state index in [9.17, 15) is 18.0 Å². The summed E-state index contributed by atoms with van der Waals surface area (Å²) in [7, 11) is 0. The largest absolute Gasteiger partial charge is 0.386 e. The van der Waals surface area contributed by atoms with E-state index in [-0.39, 0.29) is 35.9 Å².